The summed E-state index contributed by atoms with van der Waals surface area (Å²) in [6, 6.07) is 26.3. The molecule has 5 nitrogen and oxygen atoms in total. The molecule has 0 atom stereocenters. The van der Waals surface area contributed by atoms with Crippen LogP contribution in [-0.2, 0) is 13.1 Å². The van der Waals surface area contributed by atoms with Gasteiger partial charge < -0.3 is 14.6 Å². The van der Waals surface area contributed by atoms with E-state index in [1.165, 1.54) is 5.56 Å². The van der Waals surface area contributed by atoms with Gasteiger partial charge >= 0.3 is 0 Å². The zero-order valence-corrected chi connectivity index (χ0v) is 14.8. The second kappa shape index (κ2) is 8.19. The number of furan rings is 1. The van der Waals surface area contributed by atoms with Gasteiger partial charge in [0.25, 0.3) is 0 Å². The number of rotatable bonds is 7. The van der Waals surface area contributed by atoms with Gasteiger partial charge in [-0.1, -0.05) is 48.5 Å². The first kappa shape index (κ1) is 16.8. The van der Waals surface area contributed by atoms with Gasteiger partial charge in [-0.2, -0.15) is 4.98 Å². The first-order valence-electron chi connectivity index (χ1n) is 8.84. The maximum absolute atomic E-state index is 5.35. The SMILES string of the molecule is c1ccc(CN(c2ccccc2)c2ccnc(NCc3ccco3)n2)cc1. The summed E-state index contributed by atoms with van der Waals surface area (Å²) < 4.78 is 5.35. The molecular formula is C22H20N4O. The molecular weight excluding hydrogens is 336 g/mol. The lowest BCUT2D eigenvalue weighted by molar-refractivity contribution is 0.517. The third-order valence-electron chi connectivity index (χ3n) is 4.17. The topological polar surface area (TPSA) is 54.2 Å². The van der Waals surface area contributed by atoms with Gasteiger partial charge in [0.15, 0.2) is 0 Å². The highest BCUT2D eigenvalue weighted by atomic mass is 16.3. The molecule has 134 valence electrons. The summed E-state index contributed by atoms with van der Waals surface area (Å²) in [5.74, 6) is 2.24. The largest absolute Gasteiger partial charge is 0.467 e. The Balaban J connectivity index is 1.60. The molecule has 4 rings (SSSR count). The van der Waals surface area contributed by atoms with Crippen molar-refractivity contribution in [3.05, 3.63) is 103 Å². The Hall–Kier alpha value is -3.60. The average Bonchev–Trinajstić information content (AvgIpc) is 3.26. The highest BCUT2D eigenvalue weighted by molar-refractivity contribution is 5.60. The van der Waals surface area contributed by atoms with E-state index in [1.807, 2.05) is 42.5 Å². The molecule has 0 amide bonds. The van der Waals surface area contributed by atoms with Crippen molar-refractivity contribution in [1.82, 2.24) is 9.97 Å². The van der Waals surface area contributed by atoms with E-state index >= 15 is 0 Å². The molecule has 0 saturated heterocycles. The maximum atomic E-state index is 5.35. The molecule has 0 spiro atoms. The Morgan fingerprint density at radius 1 is 0.852 bits per heavy atom. The van der Waals surface area contributed by atoms with E-state index < -0.39 is 0 Å². The van der Waals surface area contributed by atoms with Crippen LogP contribution in [0, 0.1) is 0 Å². The van der Waals surface area contributed by atoms with Crippen LogP contribution in [0.15, 0.2) is 95.7 Å². The quantitative estimate of drug-likeness (QED) is 0.504. The van der Waals surface area contributed by atoms with Crippen LogP contribution in [0.3, 0.4) is 0 Å². The number of anilines is 3. The van der Waals surface area contributed by atoms with Crippen LogP contribution < -0.4 is 10.2 Å². The average molecular weight is 356 g/mol. The maximum Gasteiger partial charge on any atom is 0.224 e. The van der Waals surface area contributed by atoms with Crippen LogP contribution in [0.4, 0.5) is 17.5 Å². The van der Waals surface area contributed by atoms with Crippen molar-refractivity contribution < 1.29 is 4.42 Å². The highest BCUT2D eigenvalue weighted by Gasteiger charge is 2.12. The van der Waals surface area contributed by atoms with E-state index in [-0.39, 0.29) is 0 Å². The number of hydrogen-bond acceptors (Lipinski definition) is 5. The lowest BCUT2D eigenvalue weighted by Crippen LogP contribution is -2.18. The number of nitrogens with zero attached hydrogens (tertiary/aromatic N) is 3. The zero-order chi connectivity index (χ0) is 18.3. The smallest absolute Gasteiger partial charge is 0.224 e. The van der Waals surface area contributed by atoms with Crippen LogP contribution >= 0.6 is 0 Å². The van der Waals surface area contributed by atoms with Gasteiger partial charge in [0, 0.05) is 18.4 Å². The lowest BCUT2D eigenvalue weighted by atomic mass is 10.2. The fourth-order valence-electron chi connectivity index (χ4n) is 2.84. The van der Waals surface area contributed by atoms with Crippen molar-refractivity contribution in [2.24, 2.45) is 0 Å². The predicted molar refractivity (Wildman–Crippen MR) is 107 cm³/mol. The fourth-order valence-corrected chi connectivity index (χ4v) is 2.84. The molecule has 2 aromatic carbocycles. The number of aromatic nitrogens is 2. The van der Waals surface area contributed by atoms with Crippen LogP contribution in [0.5, 0.6) is 0 Å². The summed E-state index contributed by atoms with van der Waals surface area (Å²) in [5, 5.41) is 3.22. The minimum atomic E-state index is 0.542. The lowest BCUT2D eigenvalue weighted by Gasteiger charge is -2.24. The molecule has 5 heteroatoms. The minimum Gasteiger partial charge on any atom is -0.467 e. The van der Waals surface area contributed by atoms with Crippen LogP contribution in [0.1, 0.15) is 11.3 Å². The molecule has 0 bridgehead atoms. The van der Waals surface area contributed by atoms with Gasteiger partial charge in [0.1, 0.15) is 11.6 Å². The summed E-state index contributed by atoms with van der Waals surface area (Å²) in [7, 11) is 0. The molecule has 4 aromatic rings. The summed E-state index contributed by atoms with van der Waals surface area (Å²) >= 11 is 0. The van der Waals surface area contributed by atoms with Gasteiger partial charge in [-0.05, 0) is 35.9 Å². The molecule has 2 heterocycles. The highest BCUT2D eigenvalue weighted by Crippen LogP contribution is 2.26. The van der Waals surface area contributed by atoms with E-state index in [4.69, 9.17) is 9.40 Å². The third-order valence-corrected chi connectivity index (χ3v) is 4.17. The summed E-state index contributed by atoms with van der Waals surface area (Å²) in [6.07, 6.45) is 3.43. The molecule has 27 heavy (non-hydrogen) atoms. The molecule has 0 aliphatic rings. The van der Waals surface area contributed by atoms with Gasteiger partial charge in [0.05, 0.1) is 12.8 Å². The van der Waals surface area contributed by atoms with Crippen molar-refractivity contribution in [2.45, 2.75) is 13.1 Å². The molecule has 0 unspecified atom stereocenters. The minimum absolute atomic E-state index is 0.542. The van der Waals surface area contributed by atoms with Gasteiger partial charge in [-0.15, -0.1) is 0 Å². The first-order chi connectivity index (χ1) is 13.4. The van der Waals surface area contributed by atoms with Gasteiger partial charge in [-0.25, -0.2) is 4.98 Å². The Morgan fingerprint density at radius 2 is 1.63 bits per heavy atom. The van der Waals surface area contributed by atoms with Crippen molar-refractivity contribution in [1.29, 1.82) is 0 Å². The van der Waals surface area contributed by atoms with Crippen molar-refractivity contribution in [3.63, 3.8) is 0 Å². The van der Waals surface area contributed by atoms with Crippen molar-refractivity contribution in [3.8, 4) is 0 Å². The Labute approximate surface area is 158 Å². The van der Waals surface area contributed by atoms with Gasteiger partial charge in [0.2, 0.25) is 5.95 Å². The Morgan fingerprint density at radius 3 is 2.37 bits per heavy atom. The number of benzene rings is 2. The number of nitrogens with one attached hydrogen (secondary N) is 1. The summed E-state index contributed by atoms with van der Waals surface area (Å²) in [6.45, 7) is 1.26. The number of hydrogen-bond donors (Lipinski definition) is 1. The van der Waals surface area contributed by atoms with E-state index in [0.717, 1.165) is 23.8 Å². The Kier molecular flexibility index (Phi) is 5.11. The molecule has 0 fully saturated rings. The van der Waals surface area contributed by atoms with Crippen molar-refractivity contribution >= 4 is 17.5 Å². The second-order valence-corrected chi connectivity index (χ2v) is 6.08. The second-order valence-electron chi connectivity index (χ2n) is 6.08. The van der Waals surface area contributed by atoms with Crippen LogP contribution in [0.2, 0.25) is 0 Å². The van der Waals surface area contributed by atoms with Crippen LogP contribution in [0.25, 0.3) is 0 Å². The Bertz CT molecular complexity index is 956. The van der Waals surface area contributed by atoms with E-state index in [2.05, 4.69) is 51.6 Å². The molecule has 0 aliphatic carbocycles. The van der Waals surface area contributed by atoms with E-state index in [0.29, 0.717) is 12.5 Å². The van der Waals surface area contributed by atoms with E-state index in [9.17, 15) is 0 Å². The molecule has 2 aromatic heterocycles. The monoisotopic (exact) mass is 356 g/mol. The first-order valence-corrected chi connectivity index (χ1v) is 8.84. The predicted octanol–water partition coefficient (Wildman–Crippen LogP) is 5.02. The normalized spacial score (nSPS) is 10.5. The van der Waals surface area contributed by atoms with Crippen LogP contribution in [-0.4, -0.2) is 9.97 Å². The third kappa shape index (κ3) is 4.33. The molecule has 0 radical (unpaired) electrons. The molecule has 1 N–H and O–H groups in total. The van der Waals surface area contributed by atoms with E-state index in [1.54, 1.807) is 12.5 Å². The molecule has 0 aliphatic heterocycles. The summed E-state index contributed by atoms with van der Waals surface area (Å²) in [5.41, 5.74) is 2.29. The fraction of sp³-hybridized carbons (Fsp3) is 0.0909. The summed E-state index contributed by atoms with van der Waals surface area (Å²) in [4.78, 5) is 11.2. The van der Waals surface area contributed by atoms with Gasteiger partial charge in [-0.3, -0.25) is 0 Å². The van der Waals surface area contributed by atoms with Crippen molar-refractivity contribution in [2.75, 3.05) is 10.2 Å². The standard InChI is InChI=1S/C22H20N4O/c1-3-8-18(9-4-1)17-26(19-10-5-2-6-11-19)21-13-14-23-22(25-21)24-16-20-12-7-15-27-20/h1-15H,16-17H2,(H,23,24,25). The number of para-hydroxylation sites is 1. The molecule has 0 saturated carbocycles. The zero-order valence-electron chi connectivity index (χ0n) is 14.8.